The van der Waals surface area contributed by atoms with Crippen LogP contribution in [0.1, 0.15) is 24.0 Å². The van der Waals surface area contributed by atoms with Crippen LogP contribution in [-0.2, 0) is 0 Å². The van der Waals surface area contributed by atoms with Crippen LogP contribution in [0.4, 0.5) is 11.4 Å². The Morgan fingerprint density at radius 1 is 0.750 bits per heavy atom. The summed E-state index contributed by atoms with van der Waals surface area (Å²) < 4.78 is 0. The van der Waals surface area contributed by atoms with E-state index in [9.17, 15) is 0 Å². The lowest BCUT2D eigenvalue weighted by Crippen LogP contribution is -1.94. The molecule has 0 heterocycles. The first kappa shape index (κ1) is 14.4. The van der Waals surface area contributed by atoms with Crippen LogP contribution in [0.15, 0.2) is 58.5 Å². The highest BCUT2D eigenvalue weighted by atomic mass is 32.1. The maximum atomic E-state index is 4.59. The van der Waals surface area contributed by atoms with Gasteiger partial charge in [0, 0.05) is 5.92 Å². The highest BCUT2D eigenvalue weighted by molar-refractivity contribution is 7.78. The summed E-state index contributed by atoms with van der Waals surface area (Å²) in [4.78, 5) is 7.90. The van der Waals surface area contributed by atoms with E-state index < -0.39 is 0 Å². The van der Waals surface area contributed by atoms with Crippen LogP contribution in [0, 0.1) is 0 Å². The molecule has 0 fully saturated rings. The van der Waals surface area contributed by atoms with Gasteiger partial charge in [-0.3, -0.25) is 0 Å². The lowest BCUT2D eigenvalue weighted by atomic mass is 9.93. The van der Waals surface area contributed by atoms with Gasteiger partial charge in [-0.15, -0.1) is 0 Å². The number of hydrogen-bond acceptors (Lipinski definition) is 4. The van der Waals surface area contributed by atoms with Crippen LogP contribution in [0.3, 0.4) is 0 Å². The molecular formula is C16H12N2S2. The molecule has 4 heteroatoms. The molecule has 2 aromatic carbocycles. The lowest BCUT2D eigenvalue weighted by Gasteiger charge is -2.12. The summed E-state index contributed by atoms with van der Waals surface area (Å²) in [6.45, 7) is 2.16. The molecule has 0 atom stereocenters. The Labute approximate surface area is 128 Å². The number of rotatable bonds is 4. The van der Waals surface area contributed by atoms with Crippen LogP contribution in [0.5, 0.6) is 0 Å². The van der Waals surface area contributed by atoms with E-state index in [-0.39, 0.29) is 0 Å². The second-order valence-electron chi connectivity index (χ2n) is 4.31. The van der Waals surface area contributed by atoms with Crippen molar-refractivity contribution in [1.29, 1.82) is 0 Å². The summed E-state index contributed by atoms with van der Waals surface area (Å²) in [6, 6.07) is 16.0. The fraction of sp³-hybridized carbons (Fsp3) is 0.125. The van der Waals surface area contributed by atoms with E-state index in [1.165, 1.54) is 11.1 Å². The van der Waals surface area contributed by atoms with Crippen LogP contribution in [-0.4, -0.2) is 10.3 Å². The van der Waals surface area contributed by atoms with Crippen molar-refractivity contribution in [2.24, 2.45) is 9.98 Å². The molecule has 2 aromatic rings. The van der Waals surface area contributed by atoms with E-state index in [1.807, 2.05) is 24.3 Å². The molecule has 0 bridgehead atoms. The van der Waals surface area contributed by atoms with Gasteiger partial charge in [0.15, 0.2) is 0 Å². The number of aliphatic imine (C=N–C) groups is 2. The number of hydrogen-bond donors (Lipinski definition) is 0. The molecule has 2 rings (SSSR count). The maximum Gasteiger partial charge on any atom is 0.0739 e. The first-order chi connectivity index (χ1) is 9.74. The van der Waals surface area contributed by atoms with Crippen LogP contribution < -0.4 is 0 Å². The van der Waals surface area contributed by atoms with Gasteiger partial charge in [0.05, 0.1) is 21.7 Å². The third kappa shape index (κ3) is 3.53. The molecule has 0 aliphatic heterocycles. The van der Waals surface area contributed by atoms with Gasteiger partial charge in [0.2, 0.25) is 0 Å². The van der Waals surface area contributed by atoms with Gasteiger partial charge < -0.3 is 0 Å². The molecule has 98 valence electrons. The van der Waals surface area contributed by atoms with E-state index in [0.29, 0.717) is 5.92 Å². The van der Waals surface area contributed by atoms with Crippen LogP contribution >= 0.6 is 24.4 Å². The summed E-state index contributed by atoms with van der Waals surface area (Å²) in [6.07, 6.45) is 0. The Morgan fingerprint density at radius 2 is 1.10 bits per heavy atom. The predicted molar refractivity (Wildman–Crippen MR) is 89.8 cm³/mol. The quantitative estimate of drug-likeness (QED) is 0.564. The first-order valence-corrected chi connectivity index (χ1v) is 6.92. The van der Waals surface area contributed by atoms with Gasteiger partial charge >= 0.3 is 0 Å². The zero-order chi connectivity index (χ0) is 14.4. The zero-order valence-corrected chi connectivity index (χ0v) is 12.5. The maximum absolute atomic E-state index is 4.59. The van der Waals surface area contributed by atoms with E-state index in [2.05, 4.69) is 75.9 Å². The van der Waals surface area contributed by atoms with Gasteiger partial charge in [0.25, 0.3) is 0 Å². The average Bonchev–Trinajstić information content (AvgIpc) is 2.49. The molecule has 0 aliphatic carbocycles. The summed E-state index contributed by atoms with van der Waals surface area (Å²) in [5, 5.41) is 4.73. The third-order valence-electron chi connectivity index (χ3n) is 3.14. The molecule has 0 spiro atoms. The van der Waals surface area contributed by atoms with Gasteiger partial charge in [-0.1, -0.05) is 31.2 Å². The van der Waals surface area contributed by atoms with Crippen LogP contribution in [0.25, 0.3) is 0 Å². The monoisotopic (exact) mass is 296 g/mol. The van der Waals surface area contributed by atoms with Gasteiger partial charge in [-0.05, 0) is 59.8 Å². The van der Waals surface area contributed by atoms with Gasteiger partial charge in [-0.25, -0.2) is 0 Å². The molecular weight excluding hydrogens is 284 g/mol. The summed E-state index contributed by atoms with van der Waals surface area (Å²) in [5.74, 6) is 0.297. The Bertz CT molecular complexity index is 616. The second kappa shape index (κ2) is 6.99. The Morgan fingerprint density at radius 3 is 1.40 bits per heavy atom. The molecule has 0 unspecified atom stereocenters. The van der Waals surface area contributed by atoms with Crippen molar-refractivity contribution in [2.75, 3.05) is 0 Å². The predicted octanol–water partition coefficient (Wildman–Crippen LogP) is 5.31. The standard InChI is InChI=1S/C16H12N2S2/c1-12(13-2-6-15(7-3-13)17-10-19)14-4-8-16(9-5-14)18-11-20/h2-9,12H,1H3. The summed E-state index contributed by atoms with van der Waals surface area (Å²) in [7, 11) is 0. The van der Waals surface area contributed by atoms with Crippen molar-refractivity contribution in [3.63, 3.8) is 0 Å². The SMILES string of the molecule is CC(c1ccc(N=C=S)cc1)c1ccc(N=C=S)cc1. The minimum atomic E-state index is 0.297. The van der Waals surface area contributed by atoms with E-state index >= 15 is 0 Å². The van der Waals surface area contributed by atoms with Crippen molar-refractivity contribution in [2.45, 2.75) is 12.8 Å². The van der Waals surface area contributed by atoms with Crippen molar-refractivity contribution in [3.8, 4) is 0 Å². The Balaban J connectivity index is 2.23. The molecule has 0 aliphatic rings. The molecule has 0 saturated carbocycles. The van der Waals surface area contributed by atoms with Gasteiger partial charge in [0.1, 0.15) is 0 Å². The average molecular weight is 296 g/mol. The topological polar surface area (TPSA) is 24.7 Å². The second-order valence-corrected chi connectivity index (χ2v) is 4.68. The van der Waals surface area contributed by atoms with Crippen molar-refractivity contribution >= 4 is 46.1 Å². The fourth-order valence-electron chi connectivity index (χ4n) is 1.97. The molecule has 0 radical (unpaired) electrons. The number of thiocarbonyl (C=S) groups is 2. The molecule has 0 amide bonds. The van der Waals surface area contributed by atoms with E-state index in [4.69, 9.17) is 0 Å². The Kier molecular flexibility index (Phi) is 5.05. The zero-order valence-electron chi connectivity index (χ0n) is 10.9. The number of nitrogens with zero attached hydrogens (tertiary/aromatic N) is 2. The lowest BCUT2D eigenvalue weighted by molar-refractivity contribution is 0.922. The van der Waals surface area contributed by atoms with Gasteiger partial charge in [-0.2, -0.15) is 9.98 Å². The van der Waals surface area contributed by atoms with Crippen molar-refractivity contribution in [1.82, 2.24) is 0 Å². The van der Waals surface area contributed by atoms with E-state index in [1.54, 1.807) is 0 Å². The normalized spacial score (nSPS) is 11.1. The number of isothiocyanates is 2. The molecule has 0 N–H and O–H groups in total. The number of benzene rings is 2. The smallest absolute Gasteiger partial charge is 0.0739 e. The van der Waals surface area contributed by atoms with Crippen molar-refractivity contribution in [3.05, 3.63) is 59.7 Å². The molecule has 2 nitrogen and oxygen atoms in total. The minimum absolute atomic E-state index is 0.297. The van der Waals surface area contributed by atoms with Crippen molar-refractivity contribution < 1.29 is 0 Å². The largest absolute Gasteiger partial charge is 0.195 e. The molecule has 0 saturated heterocycles. The fourth-order valence-corrected chi connectivity index (χ4v) is 2.18. The highest BCUT2D eigenvalue weighted by Gasteiger charge is 2.08. The van der Waals surface area contributed by atoms with Crippen LogP contribution in [0.2, 0.25) is 0 Å². The minimum Gasteiger partial charge on any atom is -0.195 e. The van der Waals surface area contributed by atoms with E-state index in [0.717, 1.165) is 11.4 Å². The third-order valence-corrected chi connectivity index (χ3v) is 3.32. The highest BCUT2D eigenvalue weighted by Crippen LogP contribution is 2.27. The molecule has 0 aromatic heterocycles. The first-order valence-electron chi connectivity index (χ1n) is 6.10. The summed E-state index contributed by atoms with van der Waals surface area (Å²) in [5.41, 5.74) is 4.09. The molecule has 20 heavy (non-hydrogen) atoms. The summed E-state index contributed by atoms with van der Waals surface area (Å²) >= 11 is 9.18. The Hall–Kier alpha value is -1.96.